The number of anilines is 1. The Bertz CT molecular complexity index is 364. The van der Waals surface area contributed by atoms with Crippen LogP contribution in [-0.4, -0.2) is 20.4 Å². The zero-order chi connectivity index (χ0) is 9.84. The molecule has 0 aliphatic rings. The van der Waals surface area contributed by atoms with Crippen LogP contribution in [0, 0.1) is 11.3 Å². The highest BCUT2D eigenvalue weighted by Crippen LogP contribution is 2.15. The van der Waals surface area contributed by atoms with E-state index in [0.717, 1.165) is 5.69 Å². The molecule has 0 N–H and O–H groups in total. The summed E-state index contributed by atoms with van der Waals surface area (Å²) in [6.45, 7) is 0. The van der Waals surface area contributed by atoms with Crippen LogP contribution < -0.4 is 4.90 Å². The van der Waals surface area contributed by atoms with E-state index < -0.39 is 0 Å². The second kappa shape index (κ2) is 3.72. The molecule has 0 fully saturated rings. The molecule has 0 aliphatic carbocycles. The minimum atomic E-state index is 0.418. The molecule has 0 heterocycles. The van der Waals surface area contributed by atoms with Gasteiger partial charge >= 0.3 is 0 Å². The van der Waals surface area contributed by atoms with E-state index >= 15 is 0 Å². The smallest absolute Gasteiger partial charge is 0.151 e. The number of hydrogen-bond acceptors (Lipinski definition) is 3. The van der Waals surface area contributed by atoms with Crippen molar-refractivity contribution in [2.24, 2.45) is 0 Å². The lowest BCUT2D eigenvalue weighted by atomic mass is 10.1. The first kappa shape index (κ1) is 9.27. The molecule has 0 amide bonds. The van der Waals surface area contributed by atoms with Crippen molar-refractivity contribution in [1.82, 2.24) is 0 Å². The molecule has 0 saturated heterocycles. The fourth-order valence-corrected chi connectivity index (χ4v) is 1.02. The number of carbonyl (C=O) groups excluding carboxylic acids is 1. The molecule has 0 aliphatic heterocycles. The predicted molar refractivity (Wildman–Crippen MR) is 50.9 cm³/mol. The molecular weight excluding hydrogens is 164 g/mol. The van der Waals surface area contributed by atoms with E-state index in [-0.39, 0.29) is 0 Å². The van der Waals surface area contributed by atoms with Crippen molar-refractivity contribution in [3.63, 3.8) is 0 Å². The van der Waals surface area contributed by atoms with Gasteiger partial charge in [0.1, 0.15) is 0 Å². The summed E-state index contributed by atoms with van der Waals surface area (Å²) in [5.41, 5.74) is 1.77. The highest BCUT2D eigenvalue weighted by Gasteiger charge is 2.02. The van der Waals surface area contributed by atoms with Gasteiger partial charge in [0.05, 0.1) is 11.6 Å². The van der Waals surface area contributed by atoms with Crippen molar-refractivity contribution < 1.29 is 4.79 Å². The highest BCUT2D eigenvalue weighted by molar-refractivity contribution is 5.80. The van der Waals surface area contributed by atoms with Crippen LogP contribution in [0.2, 0.25) is 0 Å². The van der Waals surface area contributed by atoms with Crippen molar-refractivity contribution in [2.75, 3.05) is 19.0 Å². The number of aldehydes is 1. The van der Waals surface area contributed by atoms with Crippen LogP contribution in [0.5, 0.6) is 0 Å². The summed E-state index contributed by atoms with van der Waals surface area (Å²) in [7, 11) is 3.77. The third-order valence-corrected chi connectivity index (χ3v) is 1.80. The fourth-order valence-electron chi connectivity index (χ4n) is 1.02. The number of rotatable bonds is 2. The number of hydrogen-bond donors (Lipinski definition) is 0. The summed E-state index contributed by atoms with van der Waals surface area (Å²) < 4.78 is 0. The molecule has 0 unspecified atom stereocenters. The van der Waals surface area contributed by atoms with Gasteiger partial charge in [-0.2, -0.15) is 5.26 Å². The Kier molecular flexibility index (Phi) is 2.65. The van der Waals surface area contributed by atoms with Gasteiger partial charge in [-0.25, -0.2) is 0 Å². The molecule has 0 bridgehead atoms. The zero-order valence-electron chi connectivity index (χ0n) is 7.61. The number of carbonyl (C=O) groups is 1. The molecule has 1 rings (SSSR count). The van der Waals surface area contributed by atoms with Crippen LogP contribution >= 0.6 is 0 Å². The predicted octanol–water partition coefficient (Wildman–Crippen LogP) is 1.44. The first-order chi connectivity index (χ1) is 6.19. The van der Waals surface area contributed by atoms with E-state index in [0.29, 0.717) is 17.4 Å². The van der Waals surface area contributed by atoms with E-state index in [1.165, 1.54) is 0 Å². The van der Waals surface area contributed by atoms with Gasteiger partial charge in [-0.3, -0.25) is 4.79 Å². The lowest BCUT2D eigenvalue weighted by Gasteiger charge is -2.12. The third kappa shape index (κ3) is 1.85. The molecule has 0 aromatic heterocycles. The van der Waals surface area contributed by atoms with Gasteiger partial charge in [0.15, 0.2) is 6.29 Å². The van der Waals surface area contributed by atoms with E-state index in [1.807, 2.05) is 31.1 Å². The maximum absolute atomic E-state index is 10.5. The number of nitrogens with zero attached hydrogens (tertiary/aromatic N) is 2. The Labute approximate surface area is 77.2 Å². The second-order valence-corrected chi connectivity index (χ2v) is 2.90. The summed E-state index contributed by atoms with van der Waals surface area (Å²) in [4.78, 5) is 12.4. The van der Waals surface area contributed by atoms with Crippen molar-refractivity contribution in [3.05, 3.63) is 29.3 Å². The first-order valence-corrected chi connectivity index (χ1v) is 3.85. The van der Waals surface area contributed by atoms with Crippen molar-refractivity contribution in [1.29, 1.82) is 5.26 Å². The Balaban J connectivity index is 3.23. The van der Waals surface area contributed by atoms with Gasteiger partial charge in [0.2, 0.25) is 0 Å². The molecule has 0 radical (unpaired) electrons. The Hall–Kier alpha value is -1.82. The Morgan fingerprint density at radius 3 is 2.62 bits per heavy atom. The maximum atomic E-state index is 10.5. The van der Waals surface area contributed by atoms with E-state index in [2.05, 4.69) is 0 Å². The summed E-state index contributed by atoms with van der Waals surface area (Å²) in [5.74, 6) is 0. The van der Waals surface area contributed by atoms with Crippen LogP contribution in [0.3, 0.4) is 0 Å². The van der Waals surface area contributed by atoms with Gasteiger partial charge in [-0.15, -0.1) is 0 Å². The quantitative estimate of drug-likeness (QED) is 0.637. The fraction of sp³-hybridized carbons (Fsp3) is 0.200. The summed E-state index contributed by atoms with van der Waals surface area (Å²) in [6.07, 6.45) is 0.692. The van der Waals surface area contributed by atoms with E-state index in [4.69, 9.17) is 5.26 Å². The van der Waals surface area contributed by atoms with Crippen LogP contribution in [0.1, 0.15) is 15.9 Å². The Morgan fingerprint density at radius 2 is 2.15 bits per heavy atom. The van der Waals surface area contributed by atoms with Gasteiger partial charge in [-0.1, -0.05) is 0 Å². The largest absolute Gasteiger partial charge is 0.378 e. The molecule has 13 heavy (non-hydrogen) atoms. The minimum Gasteiger partial charge on any atom is -0.378 e. The second-order valence-electron chi connectivity index (χ2n) is 2.90. The van der Waals surface area contributed by atoms with Crippen molar-refractivity contribution in [2.45, 2.75) is 0 Å². The Morgan fingerprint density at radius 1 is 1.46 bits per heavy atom. The number of nitriles is 1. The zero-order valence-corrected chi connectivity index (χ0v) is 7.61. The molecule has 1 aromatic rings. The van der Waals surface area contributed by atoms with Gasteiger partial charge < -0.3 is 4.90 Å². The third-order valence-electron chi connectivity index (χ3n) is 1.80. The van der Waals surface area contributed by atoms with E-state index in [1.54, 1.807) is 12.1 Å². The lowest BCUT2D eigenvalue weighted by molar-refractivity contribution is 0.112. The minimum absolute atomic E-state index is 0.418. The monoisotopic (exact) mass is 174 g/mol. The standard InChI is InChI=1S/C10H10N2O/c1-12(2)10-4-3-8(7-13)9(5-10)6-11/h3-5,7H,1-2H3. The maximum Gasteiger partial charge on any atom is 0.151 e. The normalized spacial score (nSPS) is 9.00. The van der Waals surface area contributed by atoms with Crippen LogP contribution in [0.4, 0.5) is 5.69 Å². The SMILES string of the molecule is CN(C)c1ccc(C=O)c(C#N)c1. The summed E-state index contributed by atoms with van der Waals surface area (Å²) in [6, 6.07) is 7.15. The van der Waals surface area contributed by atoms with Gasteiger partial charge in [0, 0.05) is 25.3 Å². The number of benzene rings is 1. The van der Waals surface area contributed by atoms with Crippen LogP contribution in [-0.2, 0) is 0 Å². The van der Waals surface area contributed by atoms with Crippen molar-refractivity contribution in [3.8, 4) is 6.07 Å². The van der Waals surface area contributed by atoms with Crippen molar-refractivity contribution >= 4 is 12.0 Å². The average molecular weight is 174 g/mol. The average Bonchev–Trinajstić information content (AvgIpc) is 2.16. The molecule has 1 aromatic carbocycles. The molecule has 66 valence electrons. The molecule has 3 heteroatoms. The molecule has 0 spiro atoms. The summed E-state index contributed by atoms with van der Waals surface area (Å²) >= 11 is 0. The lowest BCUT2D eigenvalue weighted by Crippen LogP contribution is -2.08. The van der Waals surface area contributed by atoms with Gasteiger partial charge in [0.25, 0.3) is 0 Å². The van der Waals surface area contributed by atoms with Gasteiger partial charge in [-0.05, 0) is 18.2 Å². The summed E-state index contributed by atoms with van der Waals surface area (Å²) in [5, 5.41) is 8.73. The molecule has 3 nitrogen and oxygen atoms in total. The molecule has 0 saturated carbocycles. The van der Waals surface area contributed by atoms with Crippen LogP contribution in [0.15, 0.2) is 18.2 Å². The van der Waals surface area contributed by atoms with Crippen LogP contribution in [0.25, 0.3) is 0 Å². The molecular formula is C10H10N2O. The highest BCUT2D eigenvalue weighted by atomic mass is 16.1. The topological polar surface area (TPSA) is 44.1 Å². The molecule has 0 atom stereocenters. The first-order valence-electron chi connectivity index (χ1n) is 3.85. The van der Waals surface area contributed by atoms with E-state index in [9.17, 15) is 4.79 Å².